The summed E-state index contributed by atoms with van der Waals surface area (Å²) in [5.74, 6) is -1.49. The molecule has 0 aliphatic rings. The van der Waals surface area contributed by atoms with Gasteiger partial charge in [0.05, 0.1) is 11.9 Å². The van der Waals surface area contributed by atoms with E-state index in [1.54, 1.807) is 24.3 Å². The van der Waals surface area contributed by atoms with E-state index in [-0.39, 0.29) is 11.5 Å². The van der Waals surface area contributed by atoms with Crippen molar-refractivity contribution in [3.05, 3.63) is 54.1 Å². The normalized spacial score (nSPS) is 10.8. The molecule has 1 N–H and O–H groups in total. The van der Waals surface area contributed by atoms with Crippen molar-refractivity contribution in [3.8, 4) is 11.3 Å². The monoisotopic (exact) mass is 257 g/mol. The molecule has 1 aromatic carbocycles. The van der Waals surface area contributed by atoms with Gasteiger partial charge in [-0.1, -0.05) is 12.1 Å². The van der Waals surface area contributed by atoms with Gasteiger partial charge < -0.3 is 5.11 Å². The fourth-order valence-electron chi connectivity index (χ4n) is 1.82. The average Bonchev–Trinajstić information content (AvgIpc) is 2.81. The molecular formula is C13H8FN3O2. The van der Waals surface area contributed by atoms with E-state index in [9.17, 15) is 9.18 Å². The van der Waals surface area contributed by atoms with Crippen molar-refractivity contribution in [2.75, 3.05) is 0 Å². The van der Waals surface area contributed by atoms with Crippen molar-refractivity contribution in [1.82, 2.24) is 14.6 Å². The standard InChI is InChI=1S/C13H8FN3O2/c14-9-3-1-2-8(6-9)10-4-5-12-15-7-11(13(18)19)17(12)16-10/h1-7H,(H,18,19). The Balaban J connectivity index is 2.20. The maximum Gasteiger partial charge on any atom is 0.356 e. The van der Waals surface area contributed by atoms with Crippen LogP contribution in [0.15, 0.2) is 42.6 Å². The maximum atomic E-state index is 13.2. The summed E-state index contributed by atoms with van der Waals surface area (Å²) in [6.45, 7) is 0. The molecule has 0 bridgehead atoms. The van der Waals surface area contributed by atoms with Gasteiger partial charge in [-0.3, -0.25) is 0 Å². The number of rotatable bonds is 2. The summed E-state index contributed by atoms with van der Waals surface area (Å²) >= 11 is 0. The lowest BCUT2D eigenvalue weighted by molar-refractivity contribution is 0.0688. The third-order valence-corrected chi connectivity index (χ3v) is 2.70. The van der Waals surface area contributed by atoms with Gasteiger partial charge in [0.2, 0.25) is 0 Å². The summed E-state index contributed by atoms with van der Waals surface area (Å²) < 4.78 is 14.4. The Morgan fingerprint density at radius 2 is 2.11 bits per heavy atom. The van der Waals surface area contributed by atoms with Crippen LogP contribution in [-0.2, 0) is 0 Å². The summed E-state index contributed by atoms with van der Waals surface area (Å²) in [6, 6.07) is 9.26. The fraction of sp³-hybridized carbons (Fsp3) is 0. The van der Waals surface area contributed by atoms with Crippen LogP contribution in [0.1, 0.15) is 10.5 Å². The Kier molecular flexibility index (Phi) is 2.49. The molecule has 2 aromatic heterocycles. The quantitative estimate of drug-likeness (QED) is 0.764. The Morgan fingerprint density at radius 3 is 2.84 bits per heavy atom. The first-order chi connectivity index (χ1) is 9.15. The Hall–Kier alpha value is -2.76. The van der Waals surface area contributed by atoms with E-state index in [2.05, 4.69) is 10.1 Å². The number of carbonyl (C=O) groups is 1. The molecule has 0 radical (unpaired) electrons. The molecule has 3 rings (SSSR count). The number of carboxylic acids is 1. The first-order valence-electron chi connectivity index (χ1n) is 5.49. The van der Waals surface area contributed by atoms with Gasteiger partial charge in [-0.25, -0.2) is 18.7 Å². The van der Waals surface area contributed by atoms with Crippen molar-refractivity contribution in [1.29, 1.82) is 0 Å². The van der Waals surface area contributed by atoms with Crippen molar-refractivity contribution >= 4 is 11.6 Å². The minimum Gasteiger partial charge on any atom is -0.476 e. The number of imidazole rings is 1. The molecule has 0 unspecified atom stereocenters. The van der Waals surface area contributed by atoms with E-state index >= 15 is 0 Å². The number of aromatic nitrogens is 3. The summed E-state index contributed by atoms with van der Waals surface area (Å²) in [6.07, 6.45) is 1.24. The number of hydrogen-bond donors (Lipinski definition) is 1. The van der Waals surface area contributed by atoms with Crippen LogP contribution in [0.25, 0.3) is 16.9 Å². The molecule has 0 saturated heterocycles. The van der Waals surface area contributed by atoms with Crippen LogP contribution in [0, 0.1) is 5.82 Å². The molecule has 5 nitrogen and oxygen atoms in total. The molecule has 2 heterocycles. The van der Waals surface area contributed by atoms with Gasteiger partial charge in [0.15, 0.2) is 11.3 Å². The lowest BCUT2D eigenvalue weighted by atomic mass is 10.1. The SMILES string of the molecule is O=C(O)c1cnc2ccc(-c3cccc(F)c3)nn12. The highest BCUT2D eigenvalue weighted by Crippen LogP contribution is 2.18. The number of nitrogens with zero attached hydrogens (tertiary/aromatic N) is 3. The minimum atomic E-state index is -1.11. The molecule has 94 valence electrons. The average molecular weight is 257 g/mol. The highest BCUT2D eigenvalue weighted by molar-refractivity contribution is 5.86. The Bertz CT molecular complexity index is 782. The number of hydrogen-bond acceptors (Lipinski definition) is 3. The lowest BCUT2D eigenvalue weighted by Gasteiger charge is -2.02. The second-order valence-electron chi connectivity index (χ2n) is 3.95. The van der Waals surface area contributed by atoms with Crippen LogP contribution in [0.3, 0.4) is 0 Å². The first-order valence-corrected chi connectivity index (χ1v) is 5.49. The van der Waals surface area contributed by atoms with Gasteiger partial charge in [-0.05, 0) is 24.3 Å². The molecule has 6 heteroatoms. The zero-order chi connectivity index (χ0) is 13.4. The van der Waals surface area contributed by atoms with Gasteiger partial charge in [0.25, 0.3) is 0 Å². The smallest absolute Gasteiger partial charge is 0.356 e. The van der Waals surface area contributed by atoms with Gasteiger partial charge in [0, 0.05) is 5.56 Å². The minimum absolute atomic E-state index is 0.0340. The van der Waals surface area contributed by atoms with E-state index in [4.69, 9.17) is 5.11 Å². The fourth-order valence-corrected chi connectivity index (χ4v) is 1.82. The van der Waals surface area contributed by atoms with E-state index in [1.165, 1.54) is 22.8 Å². The van der Waals surface area contributed by atoms with Gasteiger partial charge in [0.1, 0.15) is 5.82 Å². The van der Waals surface area contributed by atoms with E-state index in [0.29, 0.717) is 16.9 Å². The predicted octanol–water partition coefficient (Wildman–Crippen LogP) is 2.23. The van der Waals surface area contributed by atoms with Crippen LogP contribution >= 0.6 is 0 Å². The largest absolute Gasteiger partial charge is 0.476 e. The summed E-state index contributed by atoms with van der Waals surface area (Å²) in [4.78, 5) is 15.0. The third kappa shape index (κ3) is 1.93. The number of fused-ring (bicyclic) bond motifs is 1. The molecule has 0 aliphatic heterocycles. The number of benzene rings is 1. The summed E-state index contributed by atoms with van der Waals surface area (Å²) in [7, 11) is 0. The van der Waals surface area contributed by atoms with Crippen LogP contribution < -0.4 is 0 Å². The number of carboxylic acid groups (broad SMARTS) is 1. The highest BCUT2D eigenvalue weighted by atomic mass is 19.1. The summed E-state index contributed by atoms with van der Waals surface area (Å²) in [5.41, 5.74) is 1.45. The molecular weight excluding hydrogens is 249 g/mol. The number of aromatic carboxylic acids is 1. The van der Waals surface area contributed by atoms with Crippen LogP contribution in [0.2, 0.25) is 0 Å². The van der Waals surface area contributed by atoms with Crippen molar-refractivity contribution in [2.45, 2.75) is 0 Å². The molecule has 0 saturated carbocycles. The van der Waals surface area contributed by atoms with Gasteiger partial charge in [-0.15, -0.1) is 0 Å². The zero-order valence-corrected chi connectivity index (χ0v) is 9.62. The lowest BCUT2D eigenvalue weighted by Crippen LogP contribution is -2.05. The number of halogens is 1. The molecule has 3 aromatic rings. The first kappa shape index (κ1) is 11.3. The predicted molar refractivity (Wildman–Crippen MR) is 65.3 cm³/mol. The molecule has 0 atom stereocenters. The molecule has 0 amide bonds. The van der Waals surface area contributed by atoms with Crippen molar-refractivity contribution < 1.29 is 14.3 Å². The third-order valence-electron chi connectivity index (χ3n) is 2.70. The van der Waals surface area contributed by atoms with Gasteiger partial charge >= 0.3 is 5.97 Å². The van der Waals surface area contributed by atoms with Crippen LogP contribution in [-0.4, -0.2) is 25.7 Å². The van der Waals surface area contributed by atoms with E-state index in [1.807, 2.05) is 0 Å². The van der Waals surface area contributed by atoms with Crippen LogP contribution in [0.5, 0.6) is 0 Å². The van der Waals surface area contributed by atoms with E-state index < -0.39 is 5.97 Å². The van der Waals surface area contributed by atoms with Crippen molar-refractivity contribution in [3.63, 3.8) is 0 Å². The maximum absolute atomic E-state index is 13.2. The Morgan fingerprint density at radius 1 is 1.26 bits per heavy atom. The second-order valence-corrected chi connectivity index (χ2v) is 3.95. The van der Waals surface area contributed by atoms with Gasteiger partial charge in [-0.2, -0.15) is 5.10 Å². The Labute approximate surface area is 107 Å². The molecule has 0 fully saturated rings. The second kappa shape index (κ2) is 4.16. The summed E-state index contributed by atoms with van der Waals surface area (Å²) in [5, 5.41) is 13.2. The highest BCUT2D eigenvalue weighted by Gasteiger charge is 2.12. The van der Waals surface area contributed by atoms with Crippen molar-refractivity contribution in [2.24, 2.45) is 0 Å². The zero-order valence-electron chi connectivity index (χ0n) is 9.62. The molecule has 19 heavy (non-hydrogen) atoms. The molecule has 0 aliphatic carbocycles. The molecule has 0 spiro atoms. The van der Waals surface area contributed by atoms with E-state index in [0.717, 1.165) is 0 Å². The topological polar surface area (TPSA) is 67.5 Å². The van der Waals surface area contributed by atoms with Crippen LogP contribution in [0.4, 0.5) is 4.39 Å².